The van der Waals surface area contributed by atoms with Gasteiger partial charge in [-0.2, -0.15) is 0 Å². The second kappa shape index (κ2) is 5.04. The van der Waals surface area contributed by atoms with Crippen LogP contribution in [0.2, 0.25) is 10.2 Å². The van der Waals surface area contributed by atoms with Gasteiger partial charge in [-0.3, -0.25) is 0 Å². The number of aromatic nitrogens is 2. The number of hydrogen-bond donors (Lipinski definition) is 0. The average molecular weight is 383 g/mol. The predicted molar refractivity (Wildman–Crippen MR) is 74.9 cm³/mol. The van der Waals surface area contributed by atoms with Gasteiger partial charge in [0.25, 0.3) is 0 Å². The van der Waals surface area contributed by atoms with Crippen molar-refractivity contribution in [1.29, 1.82) is 0 Å². The number of benzene rings is 1. The molecule has 0 bridgehead atoms. The fourth-order valence-electron chi connectivity index (χ4n) is 1.29. The Kier molecular flexibility index (Phi) is 3.85. The Morgan fingerprint density at radius 3 is 2.53 bits per heavy atom. The zero-order valence-corrected chi connectivity index (χ0v) is 12.3. The summed E-state index contributed by atoms with van der Waals surface area (Å²) in [5.74, 6) is -0.108. The summed E-state index contributed by atoms with van der Waals surface area (Å²) in [5, 5.41) is 0.436. The van der Waals surface area contributed by atoms with Gasteiger partial charge < -0.3 is 0 Å². The van der Waals surface area contributed by atoms with Gasteiger partial charge in [0.15, 0.2) is 5.82 Å². The van der Waals surface area contributed by atoms with Crippen LogP contribution in [0.3, 0.4) is 0 Å². The van der Waals surface area contributed by atoms with Crippen LogP contribution in [0.1, 0.15) is 5.69 Å². The number of rotatable bonds is 1. The largest absolute Gasteiger partial charge is 0.232 e. The summed E-state index contributed by atoms with van der Waals surface area (Å²) in [6, 6.07) is 4.42. The SMILES string of the molecule is Cc1nc(-c2ccc(Cl)c(F)c2)nc(Cl)c1I. The highest BCUT2D eigenvalue weighted by Crippen LogP contribution is 2.25. The molecule has 0 aliphatic carbocycles. The third-order valence-corrected chi connectivity index (χ3v) is 4.34. The smallest absolute Gasteiger partial charge is 0.161 e. The van der Waals surface area contributed by atoms with Crippen LogP contribution in [0.5, 0.6) is 0 Å². The van der Waals surface area contributed by atoms with Gasteiger partial charge in [0.1, 0.15) is 11.0 Å². The van der Waals surface area contributed by atoms with E-state index >= 15 is 0 Å². The van der Waals surface area contributed by atoms with E-state index < -0.39 is 5.82 Å². The molecule has 0 spiro atoms. The summed E-state index contributed by atoms with van der Waals surface area (Å²) in [7, 11) is 0. The van der Waals surface area contributed by atoms with Crippen molar-refractivity contribution in [3.8, 4) is 11.4 Å². The highest BCUT2D eigenvalue weighted by molar-refractivity contribution is 14.1. The molecule has 1 heterocycles. The van der Waals surface area contributed by atoms with Crippen LogP contribution in [-0.4, -0.2) is 9.97 Å². The minimum absolute atomic E-state index is 0.0714. The minimum Gasteiger partial charge on any atom is -0.232 e. The quantitative estimate of drug-likeness (QED) is 0.536. The lowest BCUT2D eigenvalue weighted by atomic mass is 10.2. The molecule has 0 saturated carbocycles. The van der Waals surface area contributed by atoms with E-state index in [0.717, 1.165) is 9.26 Å². The summed E-state index contributed by atoms with van der Waals surface area (Å²) in [6.45, 7) is 1.82. The Balaban J connectivity index is 2.57. The van der Waals surface area contributed by atoms with Crippen molar-refractivity contribution in [3.05, 3.63) is 43.5 Å². The Morgan fingerprint density at radius 1 is 1.24 bits per heavy atom. The van der Waals surface area contributed by atoms with E-state index in [-0.39, 0.29) is 5.02 Å². The van der Waals surface area contributed by atoms with Crippen molar-refractivity contribution >= 4 is 45.8 Å². The first kappa shape index (κ1) is 13.0. The maximum absolute atomic E-state index is 13.3. The molecular weight excluding hydrogens is 377 g/mol. The Bertz CT molecular complexity index is 567. The van der Waals surface area contributed by atoms with Gasteiger partial charge in [-0.25, -0.2) is 14.4 Å². The Labute approximate surface area is 121 Å². The summed E-state index contributed by atoms with van der Waals surface area (Å²) in [6.07, 6.45) is 0. The second-order valence-corrected chi connectivity index (χ2v) is 5.21. The summed E-state index contributed by atoms with van der Waals surface area (Å²) in [5.41, 5.74) is 1.31. The van der Waals surface area contributed by atoms with Crippen LogP contribution in [0.4, 0.5) is 4.39 Å². The van der Waals surface area contributed by atoms with Gasteiger partial charge in [-0.1, -0.05) is 23.2 Å². The van der Waals surface area contributed by atoms with Gasteiger partial charge in [0.05, 0.1) is 14.3 Å². The van der Waals surface area contributed by atoms with Crippen molar-refractivity contribution in [2.24, 2.45) is 0 Å². The molecule has 0 fully saturated rings. The molecule has 1 aromatic heterocycles. The molecule has 1 aromatic carbocycles. The van der Waals surface area contributed by atoms with E-state index in [0.29, 0.717) is 16.5 Å². The summed E-state index contributed by atoms with van der Waals surface area (Å²) in [4.78, 5) is 8.37. The second-order valence-electron chi connectivity index (χ2n) is 3.37. The molecule has 6 heteroatoms. The molecule has 0 unspecified atom stereocenters. The molecule has 0 aliphatic rings. The van der Waals surface area contributed by atoms with Gasteiger partial charge in [-0.15, -0.1) is 0 Å². The van der Waals surface area contributed by atoms with Crippen molar-refractivity contribution < 1.29 is 4.39 Å². The zero-order chi connectivity index (χ0) is 12.6. The molecule has 0 amide bonds. The fraction of sp³-hybridized carbons (Fsp3) is 0.0909. The van der Waals surface area contributed by atoms with Crippen LogP contribution >= 0.6 is 45.8 Å². The molecule has 0 atom stereocenters. The molecule has 2 aromatic rings. The monoisotopic (exact) mass is 382 g/mol. The number of aryl methyl sites for hydroxylation is 1. The number of nitrogens with zero attached hydrogens (tertiary/aromatic N) is 2. The first-order valence-electron chi connectivity index (χ1n) is 4.64. The van der Waals surface area contributed by atoms with Crippen LogP contribution in [-0.2, 0) is 0 Å². The standard InChI is InChI=1S/C11H6Cl2FIN2/c1-5-9(15)10(13)17-11(16-5)6-2-3-7(12)8(14)4-6/h2-4H,1H3. The van der Waals surface area contributed by atoms with Crippen molar-refractivity contribution in [3.63, 3.8) is 0 Å². The van der Waals surface area contributed by atoms with Crippen LogP contribution in [0.25, 0.3) is 11.4 Å². The Morgan fingerprint density at radius 2 is 1.94 bits per heavy atom. The molecule has 2 nitrogen and oxygen atoms in total. The van der Waals surface area contributed by atoms with Gasteiger partial charge in [0.2, 0.25) is 0 Å². The summed E-state index contributed by atoms with van der Waals surface area (Å²) >= 11 is 13.6. The van der Waals surface area contributed by atoms with Crippen molar-refractivity contribution in [1.82, 2.24) is 9.97 Å². The average Bonchev–Trinajstić information content (AvgIpc) is 2.29. The lowest BCUT2D eigenvalue weighted by Gasteiger charge is -2.05. The number of hydrogen-bond acceptors (Lipinski definition) is 2. The Hall–Kier alpha value is -0.460. The van der Waals surface area contributed by atoms with Crippen molar-refractivity contribution in [2.75, 3.05) is 0 Å². The van der Waals surface area contributed by atoms with Gasteiger partial charge in [0, 0.05) is 5.56 Å². The molecule has 17 heavy (non-hydrogen) atoms. The minimum atomic E-state index is -0.500. The molecular formula is C11H6Cl2FIN2. The molecule has 0 radical (unpaired) electrons. The lowest BCUT2D eigenvalue weighted by Crippen LogP contribution is -1.96. The van der Waals surface area contributed by atoms with E-state index in [1.807, 2.05) is 6.92 Å². The number of halogens is 4. The van der Waals surface area contributed by atoms with E-state index in [1.165, 1.54) is 12.1 Å². The first-order chi connectivity index (χ1) is 7.99. The van der Waals surface area contributed by atoms with Gasteiger partial charge in [-0.05, 0) is 47.7 Å². The van der Waals surface area contributed by atoms with E-state index in [1.54, 1.807) is 6.07 Å². The molecule has 0 N–H and O–H groups in total. The molecule has 2 rings (SSSR count). The highest BCUT2D eigenvalue weighted by Gasteiger charge is 2.10. The van der Waals surface area contributed by atoms with Crippen LogP contribution in [0.15, 0.2) is 18.2 Å². The fourth-order valence-corrected chi connectivity index (χ4v) is 1.86. The maximum atomic E-state index is 13.3. The molecule has 0 aliphatic heterocycles. The van der Waals surface area contributed by atoms with E-state index in [4.69, 9.17) is 23.2 Å². The summed E-state index contributed by atoms with van der Waals surface area (Å²) < 4.78 is 14.1. The molecule has 0 saturated heterocycles. The topological polar surface area (TPSA) is 25.8 Å². The third kappa shape index (κ3) is 2.69. The zero-order valence-electron chi connectivity index (χ0n) is 8.64. The van der Waals surface area contributed by atoms with Crippen LogP contribution in [0, 0.1) is 16.3 Å². The van der Waals surface area contributed by atoms with Crippen LogP contribution < -0.4 is 0 Å². The van der Waals surface area contributed by atoms with E-state index in [2.05, 4.69) is 32.6 Å². The highest BCUT2D eigenvalue weighted by atomic mass is 127. The maximum Gasteiger partial charge on any atom is 0.161 e. The first-order valence-corrected chi connectivity index (χ1v) is 6.47. The lowest BCUT2D eigenvalue weighted by molar-refractivity contribution is 0.628. The van der Waals surface area contributed by atoms with Crippen molar-refractivity contribution in [2.45, 2.75) is 6.92 Å². The predicted octanol–water partition coefficient (Wildman–Crippen LogP) is 4.50. The van der Waals surface area contributed by atoms with Gasteiger partial charge >= 0.3 is 0 Å². The third-order valence-electron chi connectivity index (χ3n) is 2.15. The normalized spacial score (nSPS) is 10.6. The molecule has 88 valence electrons. The van der Waals surface area contributed by atoms with E-state index in [9.17, 15) is 4.39 Å².